The molecule has 0 unspecified atom stereocenters. The van der Waals surface area contributed by atoms with E-state index in [1.807, 2.05) is 4.90 Å². The number of benzene rings is 1. The fourth-order valence-corrected chi connectivity index (χ4v) is 5.30. The van der Waals surface area contributed by atoms with Crippen LogP contribution in [0.1, 0.15) is 49.7 Å². The molecule has 3 aliphatic rings. The number of piperidine rings is 2. The van der Waals surface area contributed by atoms with E-state index in [0.29, 0.717) is 36.6 Å². The third kappa shape index (κ3) is 5.19. The van der Waals surface area contributed by atoms with Gasteiger partial charge in [-0.15, -0.1) is 0 Å². The molecule has 1 N–H and O–H groups in total. The molecule has 0 aliphatic carbocycles. The molecule has 158 valence electrons. The average molecular weight is 398 g/mol. The predicted octanol–water partition coefficient (Wildman–Crippen LogP) is 2.77. The van der Waals surface area contributed by atoms with Crippen molar-refractivity contribution in [3.05, 3.63) is 35.4 Å². The molecule has 3 aliphatic heterocycles. The Bertz CT molecular complexity index is 711. The van der Waals surface area contributed by atoms with Crippen molar-refractivity contribution in [1.29, 1.82) is 0 Å². The highest BCUT2D eigenvalue weighted by atomic mass is 16.2. The Morgan fingerprint density at radius 2 is 1.79 bits per heavy atom. The minimum absolute atomic E-state index is 0.258. The number of rotatable bonds is 6. The third-order valence-electron chi connectivity index (χ3n) is 7.00. The van der Waals surface area contributed by atoms with Crippen LogP contribution in [-0.2, 0) is 16.0 Å². The number of fused-ring (bicyclic) bond motifs is 2. The van der Waals surface area contributed by atoms with Crippen molar-refractivity contribution in [1.82, 2.24) is 15.1 Å². The number of amides is 2. The Kier molecular flexibility index (Phi) is 6.53. The second-order valence-electron chi connectivity index (χ2n) is 9.32. The molecule has 1 aromatic rings. The summed E-state index contributed by atoms with van der Waals surface area (Å²) >= 11 is 0. The molecule has 0 spiro atoms. The van der Waals surface area contributed by atoms with Crippen molar-refractivity contribution in [2.75, 3.05) is 32.7 Å². The summed E-state index contributed by atoms with van der Waals surface area (Å²) in [5, 5.41) is 3.72. The Balaban J connectivity index is 1.26. The first-order valence-corrected chi connectivity index (χ1v) is 11.4. The first-order chi connectivity index (χ1) is 14.1. The minimum Gasteiger partial charge on any atom is -0.343 e. The molecule has 0 radical (unpaired) electrons. The van der Waals surface area contributed by atoms with Crippen molar-refractivity contribution in [3.8, 4) is 0 Å². The summed E-state index contributed by atoms with van der Waals surface area (Å²) < 4.78 is 0. The highest BCUT2D eigenvalue weighted by Gasteiger charge is 2.37. The number of carbonyl (C=O) groups is 2. The molecule has 3 atom stereocenters. The van der Waals surface area contributed by atoms with Crippen LogP contribution >= 0.6 is 0 Å². The number of hydrogen-bond acceptors (Lipinski definition) is 3. The van der Waals surface area contributed by atoms with Crippen molar-refractivity contribution in [2.24, 2.45) is 11.8 Å². The zero-order valence-corrected chi connectivity index (χ0v) is 17.7. The second-order valence-corrected chi connectivity index (χ2v) is 9.32. The Hall–Kier alpha value is -1.88. The number of nitrogens with zero attached hydrogens (tertiary/aromatic N) is 2. The molecule has 3 fully saturated rings. The first kappa shape index (κ1) is 20.4. The van der Waals surface area contributed by atoms with Gasteiger partial charge in [0.1, 0.15) is 0 Å². The molecular weight excluding hydrogens is 362 g/mol. The van der Waals surface area contributed by atoms with E-state index in [-0.39, 0.29) is 5.91 Å². The van der Waals surface area contributed by atoms with E-state index in [1.165, 1.54) is 12.0 Å². The minimum atomic E-state index is 0.258. The van der Waals surface area contributed by atoms with Crippen LogP contribution in [0, 0.1) is 18.8 Å². The maximum atomic E-state index is 12.9. The van der Waals surface area contributed by atoms with Gasteiger partial charge < -0.3 is 15.1 Å². The molecule has 5 nitrogen and oxygen atoms in total. The van der Waals surface area contributed by atoms with Gasteiger partial charge in [0.05, 0.1) is 6.42 Å². The van der Waals surface area contributed by atoms with Crippen LogP contribution < -0.4 is 5.32 Å². The number of aryl methyl sites for hydroxylation is 1. The molecule has 4 rings (SSSR count). The van der Waals surface area contributed by atoms with Crippen molar-refractivity contribution in [2.45, 2.75) is 57.9 Å². The van der Waals surface area contributed by atoms with Crippen LogP contribution in [0.5, 0.6) is 0 Å². The Labute approximate surface area is 174 Å². The number of nitrogens with one attached hydrogen (secondary N) is 1. The highest BCUT2D eigenvalue weighted by molar-refractivity contribution is 5.79. The maximum Gasteiger partial charge on any atom is 0.227 e. The normalized spacial score (nSPS) is 26.6. The lowest BCUT2D eigenvalue weighted by Gasteiger charge is -2.46. The fraction of sp³-hybridized carbons (Fsp3) is 0.667. The zero-order valence-electron chi connectivity index (χ0n) is 17.7. The van der Waals surface area contributed by atoms with Crippen LogP contribution in [0.3, 0.4) is 0 Å². The Morgan fingerprint density at radius 1 is 1.03 bits per heavy atom. The Morgan fingerprint density at radius 3 is 2.55 bits per heavy atom. The summed E-state index contributed by atoms with van der Waals surface area (Å²) in [6.45, 7) is 6.71. The van der Waals surface area contributed by atoms with E-state index in [1.54, 1.807) is 0 Å². The van der Waals surface area contributed by atoms with Gasteiger partial charge in [0.2, 0.25) is 11.8 Å². The van der Waals surface area contributed by atoms with Gasteiger partial charge in [-0.2, -0.15) is 0 Å². The van der Waals surface area contributed by atoms with Crippen molar-refractivity contribution in [3.63, 3.8) is 0 Å². The quantitative estimate of drug-likeness (QED) is 0.803. The smallest absolute Gasteiger partial charge is 0.227 e. The van der Waals surface area contributed by atoms with Gasteiger partial charge in [-0.05, 0) is 63.0 Å². The summed E-state index contributed by atoms with van der Waals surface area (Å²) in [5.74, 6) is 1.67. The van der Waals surface area contributed by atoms with Crippen LogP contribution in [-0.4, -0.2) is 60.4 Å². The first-order valence-electron chi connectivity index (χ1n) is 11.4. The molecule has 2 bridgehead atoms. The molecule has 0 saturated carbocycles. The van der Waals surface area contributed by atoms with E-state index in [9.17, 15) is 9.59 Å². The zero-order chi connectivity index (χ0) is 20.2. The van der Waals surface area contributed by atoms with Crippen molar-refractivity contribution >= 4 is 11.8 Å². The summed E-state index contributed by atoms with van der Waals surface area (Å²) in [6, 6.07) is 8.74. The largest absolute Gasteiger partial charge is 0.343 e. The van der Waals surface area contributed by atoms with Gasteiger partial charge in [0.25, 0.3) is 0 Å². The lowest BCUT2D eigenvalue weighted by molar-refractivity contribution is -0.134. The van der Waals surface area contributed by atoms with Gasteiger partial charge >= 0.3 is 0 Å². The molecule has 0 aromatic heterocycles. The fourth-order valence-electron chi connectivity index (χ4n) is 5.30. The summed E-state index contributed by atoms with van der Waals surface area (Å²) in [5.41, 5.74) is 2.33. The van der Waals surface area contributed by atoms with Gasteiger partial charge in [-0.1, -0.05) is 29.8 Å². The van der Waals surface area contributed by atoms with Gasteiger partial charge in [0.15, 0.2) is 0 Å². The van der Waals surface area contributed by atoms with Crippen molar-refractivity contribution < 1.29 is 9.59 Å². The lowest BCUT2D eigenvalue weighted by atomic mass is 9.79. The molecule has 2 amide bonds. The van der Waals surface area contributed by atoms with Gasteiger partial charge in [-0.3, -0.25) is 9.59 Å². The van der Waals surface area contributed by atoms with Crippen LogP contribution in [0.25, 0.3) is 0 Å². The van der Waals surface area contributed by atoms with Gasteiger partial charge in [0, 0.05) is 38.6 Å². The van der Waals surface area contributed by atoms with E-state index in [4.69, 9.17) is 0 Å². The van der Waals surface area contributed by atoms with Crippen LogP contribution in [0.15, 0.2) is 24.3 Å². The van der Waals surface area contributed by atoms with E-state index in [0.717, 1.165) is 64.0 Å². The van der Waals surface area contributed by atoms with Crippen LogP contribution in [0.2, 0.25) is 0 Å². The number of hydrogen-bond donors (Lipinski definition) is 1. The highest BCUT2D eigenvalue weighted by Crippen LogP contribution is 2.31. The second kappa shape index (κ2) is 9.29. The average Bonchev–Trinajstić information content (AvgIpc) is 3.26. The summed E-state index contributed by atoms with van der Waals surface area (Å²) in [6.07, 6.45) is 6.69. The summed E-state index contributed by atoms with van der Waals surface area (Å²) in [4.78, 5) is 29.3. The maximum absolute atomic E-state index is 12.9. The molecule has 1 aromatic carbocycles. The topological polar surface area (TPSA) is 52.7 Å². The predicted molar refractivity (Wildman–Crippen MR) is 115 cm³/mol. The molecule has 5 heteroatoms. The van der Waals surface area contributed by atoms with E-state index >= 15 is 0 Å². The SMILES string of the molecule is Cc1ccc(CC(=O)N2C[C@@H]3CN[C@H](CCCC(=O)N4CCCC4)[C@H](C3)C2)cc1. The molecule has 29 heavy (non-hydrogen) atoms. The third-order valence-corrected chi connectivity index (χ3v) is 7.00. The summed E-state index contributed by atoms with van der Waals surface area (Å²) in [7, 11) is 0. The number of likely N-dealkylation sites (tertiary alicyclic amines) is 2. The van der Waals surface area contributed by atoms with Crippen LogP contribution in [0.4, 0.5) is 0 Å². The number of carbonyl (C=O) groups excluding carboxylic acids is 2. The standard InChI is InChI=1S/C24H35N3O2/c1-18-7-9-19(10-8-18)14-24(29)27-16-20-13-21(17-27)22(25-15-20)5-4-6-23(28)26-11-2-3-12-26/h7-10,20-22,25H,2-6,11-17H2,1H3/t20-,21+,22+/m0/s1. The molecular formula is C24H35N3O2. The monoisotopic (exact) mass is 397 g/mol. The van der Waals surface area contributed by atoms with E-state index in [2.05, 4.69) is 41.4 Å². The van der Waals surface area contributed by atoms with Gasteiger partial charge in [-0.25, -0.2) is 0 Å². The molecule has 3 saturated heterocycles. The molecule has 3 heterocycles. The van der Waals surface area contributed by atoms with E-state index < -0.39 is 0 Å². The lowest BCUT2D eigenvalue weighted by Crippen LogP contribution is -2.57.